The standard InChI is InChI=1S/C38H35BO3/c1-36(2)32-17-16-22(39-41-37(3,4)38(5,6)42-39)18-28(32)29-19-27-23-12-8-9-13-24(23)31-21-34(40-7)25-14-10-11-15-26(25)35(31)30(27)20-33(29)36/h8-21H,1-7H3. The summed E-state index contributed by atoms with van der Waals surface area (Å²) in [5, 5.41) is 9.93. The maximum Gasteiger partial charge on any atom is 0.494 e. The first-order valence-electron chi connectivity index (χ1n) is 14.9. The van der Waals surface area contributed by atoms with Gasteiger partial charge in [0.05, 0.1) is 18.3 Å². The SMILES string of the molecule is COc1cc2c3ccccc3c3cc4c(cc3c2c2ccccc12)C(C)(C)c1ccc(B2OC(C)(C)C(C)(C)O2)cc1-4. The predicted molar refractivity (Wildman–Crippen MR) is 176 cm³/mol. The average Bonchev–Trinajstić information content (AvgIpc) is 3.34. The molecule has 208 valence electrons. The van der Waals surface area contributed by atoms with Crippen LogP contribution in [0.2, 0.25) is 0 Å². The van der Waals surface area contributed by atoms with Crippen molar-refractivity contribution >= 4 is 55.7 Å². The van der Waals surface area contributed by atoms with Crippen molar-refractivity contribution in [1.29, 1.82) is 0 Å². The van der Waals surface area contributed by atoms with E-state index in [9.17, 15) is 0 Å². The van der Waals surface area contributed by atoms with Gasteiger partial charge in [-0.1, -0.05) is 80.6 Å². The molecule has 1 saturated heterocycles. The van der Waals surface area contributed by atoms with Gasteiger partial charge in [-0.2, -0.15) is 0 Å². The lowest BCUT2D eigenvalue weighted by atomic mass is 9.76. The minimum atomic E-state index is -0.390. The number of hydrogen-bond acceptors (Lipinski definition) is 3. The molecule has 1 heterocycles. The molecule has 0 aromatic heterocycles. The van der Waals surface area contributed by atoms with E-state index in [0.717, 1.165) is 16.6 Å². The molecule has 0 saturated carbocycles. The van der Waals surface area contributed by atoms with Crippen LogP contribution in [0.25, 0.3) is 54.2 Å². The first kappa shape index (κ1) is 25.8. The van der Waals surface area contributed by atoms with Crippen LogP contribution in [0.1, 0.15) is 52.7 Å². The number of fused-ring (bicyclic) bond motifs is 11. The summed E-state index contributed by atoms with van der Waals surface area (Å²) in [4.78, 5) is 0. The molecular weight excluding hydrogens is 515 g/mol. The summed E-state index contributed by atoms with van der Waals surface area (Å²) in [5.74, 6) is 0.909. The first-order chi connectivity index (χ1) is 20.0. The largest absolute Gasteiger partial charge is 0.496 e. The minimum Gasteiger partial charge on any atom is -0.496 e. The van der Waals surface area contributed by atoms with Gasteiger partial charge in [-0.3, -0.25) is 0 Å². The Labute approximate surface area is 247 Å². The van der Waals surface area contributed by atoms with Crippen LogP contribution in [-0.2, 0) is 14.7 Å². The predicted octanol–water partition coefficient (Wildman–Crippen LogP) is 8.91. The summed E-state index contributed by atoms with van der Waals surface area (Å²) in [6.07, 6.45) is 0. The molecule has 0 bridgehead atoms. The lowest BCUT2D eigenvalue weighted by Gasteiger charge is -2.32. The third-order valence-corrected chi connectivity index (χ3v) is 10.4. The van der Waals surface area contributed by atoms with Gasteiger partial charge in [-0.15, -0.1) is 0 Å². The molecule has 2 aliphatic rings. The van der Waals surface area contributed by atoms with E-state index in [-0.39, 0.29) is 23.7 Å². The number of hydrogen-bond donors (Lipinski definition) is 0. The third kappa shape index (κ3) is 3.31. The Morgan fingerprint density at radius 2 is 1.12 bits per heavy atom. The van der Waals surface area contributed by atoms with E-state index in [1.807, 2.05) is 0 Å². The van der Waals surface area contributed by atoms with Crippen molar-refractivity contribution in [1.82, 2.24) is 0 Å². The zero-order valence-corrected chi connectivity index (χ0v) is 25.4. The molecule has 0 radical (unpaired) electrons. The molecular formula is C38H35BO3. The summed E-state index contributed by atoms with van der Waals surface area (Å²) >= 11 is 0. The molecule has 0 amide bonds. The van der Waals surface area contributed by atoms with Gasteiger partial charge >= 0.3 is 7.12 Å². The maximum atomic E-state index is 6.45. The van der Waals surface area contributed by atoms with Crippen molar-refractivity contribution in [3.05, 3.63) is 96.1 Å². The van der Waals surface area contributed by atoms with Crippen LogP contribution in [0.4, 0.5) is 0 Å². The van der Waals surface area contributed by atoms with E-state index in [1.54, 1.807) is 7.11 Å². The van der Waals surface area contributed by atoms with E-state index < -0.39 is 0 Å². The molecule has 1 aliphatic carbocycles. The van der Waals surface area contributed by atoms with Gasteiger partial charge in [0.1, 0.15) is 5.75 Å². The molecule has 6 aromatic rings. The van der Waals surface area contributed by atoms with Crippen LogP contribution >= 0.6 is 0 Å². The minimum absolute atomic E-state index is 0.145. The first-order valence-corrected chi connectivity index (χ1v) is 14.9. The summed E-state index contributed by atoms with van der Waals surface area (Å²) in [6, 6.07) is 31.3. The van der Waals surface area contributed by atoms with Crippen LogP contribution in [0.3, 0.4) is 0 Å². The monoisotopic (exact) mass is 550 g/mol. The number of benzene rings is 6. The summed E-state index contributed by atoms with van der Waals surface area (Å²) in [5.41, 5.74) is 5.42. The van der Waals surface area contributed by atoms with E-state index in [0.29, 0.717) is 0 Å². The fourth-order valence-corrected chi connectivity index (χ4v) is 7.34. The van der Waals surface area contributed by atoms with Gasteiger partial charge in [-0.25, -0.2) is 0 Å². The number of rotatable bonds is 2. The lowest BCUT2D eigenvalue weighted by molar-refractivity contribution is 0.00578. The van der Waals surface area contributed by atoms with E-state index in [4.69, 9.17) is 14.0 Å². The Kier molecular flexibility index (Phi) is 5.15. The Bertz CT molecular complexity index is 2110. The molecule has 42 heavy (non-hydrogen) atoms. The fraction of sp³-hybridized carbons (Fsp3) is 0.263. The molecule has 0 atom stereocenters. The van der Waals surface area contributed by atoms with Gasteiger partial charge < -0.3 is 14.0 Å². The highest BCUT2D eigenvalue weighted by molar-refractivity contribution is 6.62. The molecule has 8 rings (SSSR count). The van der Waals surface area contributed by atoms with Crippen molar-refractivity contribution in [2.24, 2.45) is 0 Å². The molecule has 6 aromatic carbocycles. The molecule has 1 aliphatic heterocycles. The molecule has 4 heteroatoms. The van der Waals surface area contributed by atoms with E-state index in [1.165, 1.54) is 60.0 Å². The maximum absolute atomic E-state index is 6.45. The fourth-order valence-electron chi connectivity index (χ4n) is 7.34. The molecule has 0 spiro atoms. The highest BCUT2D eigenvalue weighted by Crippen LogP contribution is 2.52. The van der Waals surface area contributed by atoms with Crippen molar-refractivity contribution in [2.75, 3.05) is 7.11 Å². The number of methoxy groups -OCH3 is 1. The quantitative estimate of drug-likeness (QED) is 0.159. The Hall–Kier alpha value is -3.86. The van der Waals surface area contributed by atoms with Gasteiger partial charge in [0, 0.05) is 10.8 Å². The van der Waals surface area contributed by atoms with Gasteiger partial charge in [0.25, 0.3) is 0 Å². The van der Waals surface area contributed by atoms with Crippen LogP contribution in [-0.4, -0.2) is 25.4 Å². The zero-order chi connectivity index (χ0) is 29.2. The second-order valence-corrected chi connectivity index (χ2v) is 13.6. The molecule has 3 nitrogen and oxygen atoms in total. The van der Waals surface area contributed by atoms with E-state index >= 15 is 0 Å². The summed E-state index contributed by atoms with van der Waals surface area (Å²) in [6.45, 7) is 13.1. The van der Waals surface area contributed by atoms with Crippen molar-refractivity contribution < 1.29 is 14.0 Å². The zero-order valence-electron chi connectivity index (χ0n) is 25.4. The number of ether oxygens (including phenoxy) is 1. The van der Waals surface area contributed by atoms with Crippen LogP contribution in [0.15, 0.2) is 84.9 Å². The Morgan fingerprint density at radius 1 is 0.548 bits per heavy atom. The summed E-state index contributed by atoms with van der Waals surface area (Å²) < 4.78 is 18.8. The van der Waals surface area contributed by atoms with Crippen LogP contribution in [0, 0.1) is 0 Å². The van der Waals surface area contributed by atoms with E-state index in [2.05, 4.69) is 126 Å². The van der Waals surface area contributed by atoms with Crippen molar-refractivity contribution in [2.45, 2.75) is 58.2 Å². The normalized spacial score (nSPS) is 18.2. The molecule has 0 N–H and O–H groups in total. The Morgan fingerprint density at radius 3 is 1.79 bits per heavy atom. The Balaban J connectivity index is 1.44. The lowest BCUT2D eigenvalue weighted by Crippen LogP contribution is -2.41. The smallest absolute Gasteiger partial charge is 0.494 e. The van der Waals surface area contributed by atoms with Gasteiger partial charge in [0.15, 0.2) is 0 Å². The molecule has 0 unspecified atom stereocenters. The van der Waals surface area contributed by atoms with Crippen molar-refractivity contribution in [3.8, 4) is 16.9 Å². The highest BCUT2D eigenvalue weighted by Gasteiger charge is 2.52. The van der Waals surface area contributed by atoms with Crippen LogP contribution in [0.5, 0.6) is 5.75 Å². The third-order valence-electron chi connectivity index (χ3n) is 10.4. The average molecular weight is 551 g/mol. The van der Waals surface area contributed by atoms with Gasteiger partial charge in [-0.05, 0) is 111 Å². The van der Waals surface area contributed by atoms with Gasteiger partial charge in [0.2, 0.25) is 0 Å². The summed E-state index contributed by atoms with van der Waals surface area (Å²) in [7, 11) is 1.38. The van der Waals surface area contributed by atoms with Crippen LogP contribution < -0.4 is 10.2 Å². The van der Waals surface area contributed by atoms with Crippen molar-refractivity contribution in [3.63, 3.8) is 0 Å². The highest BCUT2D eigenvalue weighted by atomic mass is 16.7. The second-order valence-electron chi connectivity index (χ2n) is 13.6. The molecule has 1 fully saturated rings. The second kappa shape index (κ2) is 8.37. The topological polar surface area (TPSA) is 27.7 Å².